The molecule has 67 heavy (non-hydrogen) atoms. The lowest BCUT2D eigenvalue weighted by atomic mass is 10.1. The molecule has 0 saturated carbocycles. The lowest BCUT2D eigenvalue weighted by molar-refractivity contribution is 1.09. The number of hydrogen-bond donors (Lipinski definition) is 0. The first kappa shape index (κ1) is 64.3. The van der Waals surface area contributed by atoms with Gasteiger partial charge in [-0.15, -0.1) is 0 Å². The van der Waals surface area contributed by atoms with Gasteiger partial charge in [0.25, 0.3) is 0 Å². The summed E-state index contributed by atoms with van der Waals surface area (Å²) in [6.45, 7) is 24.6. The van der Waals surface area contributed by atoms with Crippen LogP contribution < -0.4 is 0 Å². The maximum absolute atomic E-state index is 2.12. The molecule has 0 bridgehead atoms. The summed E-state index contributed by atoms with van der Waals surface area (Å²) in [5.41, 5.74) is 7.84. The highest BCUT2D eigenvalue weighted by Crippen LogP contribution is 2.17. The standard InChI is InChI=1S/C12H10.4C7H8.3C6H6.C3H8.3C2H6/c1-3-7-11(8-4-1)12-9-5-2-6-10-12;4*1-7-5-3-2-4-6-7;3*1-2-4-6-5-3-1;1-3-2;3*1-2/h1-10H;4*2-6H,1H3;3*1-6H;3H2,1-2H3;3*1-2H3. The Bertz CT molecular complexity index is 1760. The van der Waals surface area contributed by atoms with Crippen molar-refractivity contribution in [3.63, 3.8) is 0 Å². The fraction of sp³-hybridized carbons (Fsp3) is 0.194. The molecule has 0 heterocycles. The van der Waals surface area contributed by atoms with Crippen LogP contribution in [0.4, 0.5) is 0 Å². The van der Waals surface area contributed by atoms with E-state index in [9.17, 15) is 0 Å². The first-order chi connectivity index (χ1) is 33.0. The van der Waals surface area contributed by atoms with Crippen LogP contribution in [0, 0.1) is 27.7 Å². The smallest absolute Gasteiger partial charge is 0.0184 e. The van der Waals surface area contributed by atoms with Gasteiger partial charge in [-0.05, 0) is 38.8 Å². The first-order valence-corrected chi connectivity index (χ1v) is 24.1. The Hall–Kier alpha value is -7.02. The van der Waals surface area contributed by atoms with Crippen LogP contribution in [0.15, 0.2) is 291 Å². The summed E-state index contributed by atoms with van der Waals surface area (Å²) < 4.78 is 0. The lowest BCUT2D eigenvalue weighted by Gasteiger charge is -1.98. The molecular weight excluding hydrogens is 805 g/mol. The monoisotopic (exact) mass is 891 g/mol. The highest BCUT2D eigenvalue weighted by molar-refractivity contribution is 5.62. The van der Waals surface area contributed by atoms with E-state index >= 15 is 0 Å². The van der Waals surface area contributed by atoms with E-state index in [0.29, 0.717) is 0 Å². The Kier molecular flexibility index (Phi) is 52.9. The first-order valence-electron chi connectivity index (χ1n) is 24.1. The number of hydrogen-bond acceptors (Lipinski definition) is 0. The Balaban J connectivity index is -0.000000688. The minimum atomic E-state index is 1.25. The fourth-order valence-electron chi connectivity index (χ4n) is 4.55. The number of aryl methyl sites for hydroxylation is 4. The predicted octanol–water partition coefficient (Wildman–Crippen LogP) is 20.9. The average molecular weight is 891 g/mol. The number of benzene rings is 9. The maximum Gasteiger partial charge on any atom is -0.0184 e. The molecule has 0 atom stereocenters. The van der Waals surface area contributed by atoms with Crippen LogP contribution in [0.3, 0.4) is 0 Å². The van der Waals surface area contributed by atoms with E-state index in [2.05, 4.69) is 139 Å². The largest absolute Gasteiger partial charge is 0.0683 e. The molecule has 0 amide bonds. The molecule has 0 radical (unpaired) electrons. The minimum absolute atomic E-state index is 1.25. The molecule has 9 rings (SSSR count). The normalized spacial score (nSPS) is 8.06. The van der Waals surface area contributed by atoms with Gasteiger partial charge in [0.1, 0.15) is 0 Å². The van der Waals surface area contributed by atoms with Gasteiger partial charge >= 0.3 is 0 Å². The molecular formula is C67H86. The van der Waals surface area contributed by atoms with Crippen LogP contribution in [0.5, 0.6) is 0 Å². The molecule has 0 nitrogen and oxygen atoms in total. The van der Waals surface area contributed by atoms with Gasteiger partial charge < -0.3 is 0 Å². The summed E-state index contributed by atoms with van der Waals surface area (Å²) >= 11 is 0. The average Bonchev–Trinajstić information content (AvgIpc) is 3.43. The quantitative estimate of drug-likeness (QED) is 0.154. The Morgan fingerprint density at radius 3 is 0.358 bits per heavy atom. The molecule has 0 aromatic heterocycles. The Morgan fingerprint density at radius 1 is 0.179 bits per heavy atom. The zero-order valence-corrected chi connectivity index (χ0v) is 43.4. The van der Waals surface area contributed by atoms with Gasteiger partial charge in [-0.1, -0.05) is 375 Å². The van der Waals surface area contributed by atoms with Crippen LogP contribution in [0.25, 0.3) is 11.1 Å². The van der Waals surface area contributed by atoms with E-state index in [-0.39, 0.29) is 0 Å². The predicted molar refractivity (Wildman–Crippen MR) is 306 cm³/mol. The van der Waals surface area contributed by atoms with Gasteiger partial charge in [0.05, 0.1) is 0 Å². The van der Waals surface area contributed by atoms with Gasteiger partial charge in [-0.25, -0.2) is 0 Å². The van der Waals surface area contributed by atoms with E-state index in [0.717, 1.165) is 0 Å². The second-order valence-corrected chi connectivity index (χ2v) is 13.5. The highest BCUT2D eigenvalue weighted by atomic mass is 14.0. The third kappa shape index (κ3) is 48.3. The van der Waals surface area contributed by atoms with Crippen molar-refractivity contribution in [2.24, 2.45) is 0 Å². The van der Waals surface area contributed by atoms with Crippen molar-refractivity contribution in [2.45, 2.75) is 89.5 Å². The second kappa shape index (κ2) is 55.1. The molecule has 0 aliphatic carbocycles. The maximum atomic E-state index is 2.12. The number of rotatable bonds is 1. The molecule has 0 fully saturated rings. The van der Waals surface area contributed by atoms with Crippen molar-refractivity contribution in [1.29, 1.82) is 0 Å². The van der Waals surface area contributed by atoms with Crippen molar-refractivity contribution in [1.82, 2.24) is 0 Å². The molecule has 0 saturated heterocycles. The van der Waals surface area contributed by atoms with Gasteiger partial charge in [0, 0.05) is 0 Å². The van der Waals surface area contributed by atoms with Crippen molar-refractivity contribution < 1.29 is 0 Å². The van der Waals surface area contributed by atoms with E-state index in [1.165, 1.54) is 39.8 Å². The molecule has 0 N–H and O–H groups in total. The van der Waals surface area contributed by atoms with Crippen molar-refractivity contribution in [2.75, 3.05) is 0 Å². The molecule has 9 aromatic rings. The summed E-state index contributed by atoms with van der Waals surface area (Å²) in [5.74, 6) is 0. The van der Waals surface area contributed by atoms with E-state index in [1.807, 2.05) is 236 Å². The van der Waals surface area contributed by atoms with Gasteiger partial charge in [-0.2, -0.15) is 0 Å². The van der Waals surface area contributed by atoms with Crippen molar-refractivity contribution in [3.8, 4) is 11.1 Å². The molecule has 9 aromatic carbocycles. The lowest BCUT2D eigenvalue weighted by Crippen LogP contribution is -1.73. The molecule has 0 aliphatic rings. The highest BCUT2D eigenvalue weighted by Gasteiger charge is 1.91. The van der Waals surface area contributed by atoms with E-state index in [4.69, 9.17) is 0 Å². The Labute approximate surface area is 412 Å². The summed E-state index contributed by atoms with van der Waals surface area (Å²) in [6, 6.07) is 97.8. The molecule has 0 heteroatoms. The van der Waals surface area contributed by atoms with Crippen LogP contribution >= 0.6 is 0 Å². The van der Waals surface area contributed by atoms with Crippen LogP contribution in [-0.2, 0) is 0 Å². The van der Waals surface area contributed by atoms with Crippen molar-refractivity contribution >= 4 is 0 Å². The van der Waals surface area contributed by atoms with Crippen LogP contribution in [-0.4, -0.2) is 0 Å². The van der Waals surface area contributed by atoms with E-state index in [1.54, 1.807) is 0 Å². The van der Waals surface area contributed by atoms with Gasteiger partial charge in [0.15, 0.2) is 0 Å². The van der Waals surface area contributed by atoms with E-state index < -0.39 is 0 Å². The summed E-state index contributed by atoms with van der Waals surface area (Å²) in [7, 11) is 0. The fourth-order valence-corrected chi connectivity index (χ4v) is 4.55. The zero-order valence-electron chi connectivity index (χ0n) is 43.4. The summed E-state index contributed by atoms with van der Waals surface area (Å²) in [5, 5.41) is 0. The van der Waals surface area contributed by atoms with Gasteiger partial charge in [-0.3, -0.25) is 0 Å². The van der Waals surface area contributed by atoms with Gasteiger partial charge in [0.2, 0.25) is 0 Å². The summed E-state index contributed by atoms with van der Waals surface area (Å²) in [4.78, 5) is 0. The second-order valence-electron chi connectivity index (χ2n) is 13.5. The zero-order chi connectivity index (χ0) is 50.1. The molecule has 0 spiro atoms. The van der Waals surface area contributed by atoms with Crippen LogP contribution in [0.2, 0.25) is 0 Å². The third-order valence-corrected chi connectivity index (χ3v) is 7.64. The topological polar surface area (TPSA) is 0 Å². The molecule has 0 aliphatic heterocycles. The third-order valence-electron chi connectivity index (χ3n) is 7.64. The molecule has 0 unspecified atom stereocenters. The van der Waals surface area contributed by atoms with Crippen molar-refractivity contribution in [3.05, 3.63) is 313 Å². The Morgan fingerprint density at radius 2 is 0.269 bits per heavy atom. The molecule has 354 valence electrons. The SMILES string of the molecule is CC.CC.CC.CCC.Cc1ccccc1.Cc1ccccc1.Cc1ccccc1.Cc1ccccc1.c1ccc(-c2ccccc2)cc1.c1ccccc1.c1ccccc1.c1ccccc1. The minimum Gasteiger partial charge on any atom is -0.0683 e. The summed E-state index contributed by atoms with van der Waals surface area (Å²) in [6.07, 6.45) is 1.25. The van der Waals surface area contributed by atoms with Crippen LogP contribution in [0.1, 0.15) is 84.1 Å².